The van der Waals surface area contributed by atoms with Crippen LogP contribution in [0.5, 0.6) is 0 Å². The molecule has 6 N–H and O–H groups in total. The van der Waals surface area contributed by atoms with Gasteiger partial charge >= 0.3 is 0 Å². The van der Waals surface area contributed by atoms with Crippen LogP contribution in [0.25, 0.3) is 0 Å². The molecule has 34 heavy (non-hydrogen) atoms. The van der Waals surface area contributed by atoms with E-state index in [0.717, 1.165) is 24.5 Å². The average molecular weight is 472 g/mol. The number of ether oxygens (including phenoxy) is 1. The smallest absolute Gasteiger partial charge is 0.259 e. The molecule has 1 aromatic heterocycles. The quantitative estimate of drug-likeness (QED) is 0.374. The largest absolute Gasteiger partial charge is 0.378 e. The van der Waals surface area contributed by atoms with Crippen LogP contribution in [0.15, 0.2) is 47.6 Å². The molecular formula is C24H34FN7O2. The van der Waals surface area contributed by atoms with Crippen LogP contribution in [0.2, 0.25) is 0 Å². The van der Waals surface area contributed by atoms with Gasteiger partial charge in [0, 0.05) is 37.3 Å². The van der Waals surface area contributed by atoms with Gasteiger partial charge in [-0.1, -0.05) is 12.1 Å². The van der Waals surface area contributed by atoms with Gasteiger partial charge in [0.15, 0.2) is 5.96 Å². The number of nitrogens with one attached hydrogen (secondary N) is 2. The van der Waals surface area contributed by atoms with Crippen molar-refractivity contribution in [1.29, 1.82) is 0 Å². The first kappa shape index (κ1) is 25.5. The topological polar surface area (TPSA) is 131 Å². The third-order valence-electron chi connectivity index (χ3n) is 5.16. The van der Waals surface area contributed by atoms with Gasteiger partial charge in [-0.2, -0.15) is 0 Å². The van der Waals surface area contributed by atoms with Crippen molar-refractivity contribution in [3.8, 4) is 0 Å². The van der Waals surface area contributed by atoms with Gasteiger partial charge in [-0.15, -0.1) is 0 Å². The number of carbonyl (C=O) groups is 1. The fraction of sp³-hybridized carbons (Fsp3) is 0.458. The van der Waals surface area contributed by atoms with E-state index in [2.05, 4.69) is 25.5 Å². The Morgan fingerprint density at radius 1 is 1.18 bits per heavy atom. The molecule has 2 atom stereocenters. The van der Waals surface area contributed by atoms with E-state index in [-0.39, 0.29) is 23.2 Å². The molecule has 0 saturated carbocycles. The zero-order chi connectivity index (χ0) is 24.7. The predicted molar refractivity (Wildman–Crippen MR) is 131 cm³/mol. The van der Waals surface area contributed by atoms with Crippen molar-refractivity contribution in [1.82, 2.24) is 15.6 Å². The second kappa shape index (κ2) is 11.4. The zero-order valence-electron chi connectivity index (χ0n) is 19.9. The summed E-state index contributed by atoms with van der Waals surface area (Å²) in [5.41, 5.74) is 13.2. The molecule has 1 fully saturated rings. The normalized spacial score (nSPS) is 16.6. The summed E-state index contributed by atoms with van der Waals surface area (Å²) < 4.78 is 18.5. The number of rotatable bonds is 6. The highest BCUT2D eigenvalue weighted by molar-refractivity contribution is 6.05. The van der Waals surface area contributed by atoms with E-state index in [4.69, 9.17) is 16.2 Å². The lowest BCUT2D eigenvalue weighted by Gasteiger charge is -2.27. The molecule has 1 aliphatic rings. The summed E-state index contributed by atoms with van der Waals surface area (Å²) in [6, 6.07) is 9.08. The van der Waals surface area contributed by atoms with Crippen molar-refractivity contribution < 1.29 is 13.9 Å². The highest BCUT2D eigenvalue weighted by Crippen LogP contribution is 2.17. The van der Waals surface area contributed by atoms with Crippen molar-refractivity contribution in [2.75, 3.05) is 31.2 Å². The van der Waals surface area contributed by atoms with Crippen molar-refractivity contribution in [2.24, 2.45) is 16.5 Å². The number of pyridine rings is 1. The lowest BCUT2D eigenvalue weighted by Crippen LogP contribution is -2.50. The summed E-state index contributed by atoms with van der Waals surface area (Å²) in [5.74, 6) is 0.364. The van der Waals surface area contributed by atoms with Gasteiger partial charge in [-0.25, -0.2) is 14.4 Å². The van der Waals surface area contributed by atoms with Crippen LogP contribution in [0, 0.1) is 5.82 Å². The van der Waals surface area contributed by atoms with Gasteiger partial charge in [0.2, 0.25) is 0 Å². The number of benzene rings is 1. The monoisotopic (exact) mass is 471 g/mol. The molecule has 0 bridgehead atoms. The molecule has 10 heteroatoms. The molecule has 184 valence electrons. The summed E-state index contributed by atoms with van der Waals surface area (Å²) in [6.45, 7) is 8.70. The molecule has 1 amide bonds. The van der Waals surface area contributed by atoms with E-state index in [1.54, 1.807) is 24.4 Å². The molecule has 1 saturated heterocycles. The highest BCUT2D eigenvalue weighted by Gasteiger charge is 2.19. The number of morpholine rings is 1. The first-order valence-electron chi connectivity index (χ1n) is 11.3. The van der Waals surface area contributed by atoms with Gasteiger partial charge in [-0.05, 0) is 50.6 Å². The average Bonchev–Trinajstić information content (AvgIpc) is 2.79. The second-order valence-electron chi connectivity index (χ2n) is 9.27. The second-order valence-corrected chi connectivity index (χ2v) is 9.27. The van der Waals surface area contributed by atoms with E-state index in [1.807, 2.05) is 26.8 Å². The van der Waals surface area contributed by atoms with Crippen molar-refractivity contribution in [2.45, 2.75) is 44.9 Å². The number of nitrogens with two attached hydrogens (primary N) is 2. The molecular weight excluding hydrogens is 437 g/mol. The minimum atomic E-state index is -0.688. The minimum absolute atomic E-state index is 0.244. The Balaban J connectivity index is 1.67. The van der Waals surface area contributed by atoms with E-state index in [9.17, 15) is 9.18 Å². The number of nitrogens with zero attached hydrogens (tertiary/aromatic N) is 3. The fourth-order valence-electron chi connectivity index (χ4n) is 3.46. The molecule has 2 heterocycles. The summed E-state index contributed by atoms with van der Waals surface area (Å²) in [4.78, 5) is 23.9. The van der Waals surface area contributed by atoms with Crippen LogP contribution in [-0.2, 0) is 4.74 Å². The first-order valence-corrected chi connectivity index (χ1v) is 11.3. The molecule has 2 aromatic rings. The maximum Gasteiger partial charge on any atom is 0.259 e. The van der Waals surface area contributed by atoms with E-state index >= 15 is 0 Å². The van der Waals surface area contributed by atoms with E-state index in [1.165, 1.54) is 12.1 Å². The number of anilines is 1. The Hall–Kier alpha value is -3.08. The van der Waals surface area contributed by atoms with E-state index in [0.29, 0.717) is 25.2 Å². The standard InChI is InChI=1S/C24H34FN7O2/c1-24(2,3)31-23(29-20(27)14-19(26)16-4-7-18(25)8-5-16)30-22(33)17-6-9-21(28-15-17)32-10-12-34-13-11-32/h4-9,15,19-20H,10-14,26-27H2,1-3H3,(H2,29,30,31,33). The first-order chi connectivity index (χ1) is 16.1. The number of halogens is 1. The molecule has 1 aliphatic heterocycles. The number of guanidine groups is 1. The third-order valence-corrected chi connectivity index (χ3v) is 5.16. The third kappa shape index (κ3) is 7.75. The Morgan fingerprint density at radius 2 is 1.85 bits per heavy atom. The van der Waals surface area contributed by atoms with Gasteiger partial charge in [0.25, 0.3) is 5.91 Å². The Bertz CT molecular complexity index is 968. The Kier molecular flexibility index (Phi) is 8.54. The fourth-order valence-corrected chi connectivity index (χ4v) is 3.46. The Morgan fingerprint density at radius 3 is 2.44 bits per heavy atom. The SMILES string of the molecule is CC(C)(C)NC(=NC(N)CC(N)c1ccc(F)cc1)NC(=O)c1ccc(N2CCOCC2)nc1. The molecule has 1 aromatic carbocycles. The number of carbonyl (C=O) groups excluding carboxylic acids is 1. The number of aliphatic imine (C=N–C) groups is 1. The number of hydrogen-bond donors (Lipinski definition) is 4. The van der Waals surface area contributed by atoms with Crippen LogP contribution in [0.4, 0.5) is 10.2 Å². The summed E-state index contributed by atoms with van der Waals surface area (Å²) in [5, 5.41) is 5.97. The summed E-state index contributed by atoms with van der Waals surface area (Å²) >= 11 is 0. The van der Waals surface area contributed by atoms with Gasteiger partial charge in [-0.3, -0.25) is 10.1 Å². The minimum Gasteiger partial charge on any atom is -0.378 e. The highest BCUT2D eigenvalue weighted by atomic mass is 19.1. The lowest BCUT2D eigenvalue weighted by molar-refractivity contribution is 0.0974. The molecule has 3 rings (SSSR count). The van der Waals surface area contributed by atoms with Gasteiger partial charge < -0.3 is 26.4 Å². The number of amides is 1. The van der Waals surface area contributed by atoms with Crippen molar-refractivity contribution in [3.05, 3.63) is 59.5 Å². The van der Waals surface area contributed by atoms with Crippen LogP contribution in [0.1, 0.15) is 49.2 Å². The van der Waals surface area contributed by atoms with E-state index < -0.39 is 12.2 Å². The maximum absolute atomic E-state index is 13.2. The molecule has 9 nitrogen and oxygen atoms in total. The zero-order valence-corrected chi connectivity index (χ0v) is 19.9. The Labute approximate surface area is 199 Å². The van der Waals surface area contributed by atoms with Crippen LogP contribution < -0.4 is 27.0 Å². The van der Waals surface area contributed by atoms with Gasteiger partial charge in [0.1, 0.15) is 17.8 Å². The molecule has 0 aliphatic carbocycles. The molecule has 0 radical (unpaired) electrons. The summed E-state index contributed by atoms with van der Waals surface area (Å²) in [6.07, 6.45) is 1.17. The lowest BCUT2D eigenvalue weighted by atomic mass is 10.0. The van der Waals surface area contributed by atoms with Crippen LogP contribution in [0.3, 0.4) is 0 Å². The summed E-state index contributed by atoms with van der Waals surface area (Å²) in [7, 11) is 0. The molecule has 2 unspecified atom stereocenters. The van der Waals surface area contributed by atoms with Crippen LogP contribution in [-0.4, -0.2) is 54.9 Å². The molecule has 0 spiro atoms. The van der Waals surface area contributed by atoms with Crippen molar-refractivity contribution >= 4 is 17.7 Å². The van der Waals surface area contributed by atoms with Gasteiger partial charge in [0.05, 0.1) is 18.8 Å². The maximum atomic E-state index is 13.2. The van der Waals surface area contributed by atoms with Crippen LogP contribution >= 0.6 is 0 Å². The predicted octanol–water partition coefficient (Wildman–Crippen LogP) is 1.91. The van der Waals surface area contributed by atoms with Crippen molar-refractivity contribution in [3.63, 3.8) is 0 Å². The number of hydrogen-bond acceptors (Lipinski definition) is 7. The number of aromatic nitrogens is 1.